The monoisotopic (exact) mass is 291 g/mol. The number of hydrogen-bond donors (Lipinski definition) is 1. The highest BCUT2D eigenvalue weighted by molar-refractivity contribution is 7.99. The number of hydrogen-bond acceptors (Lipinski definition) is 3. The van der Waals surface area contributed by atoms with E-state index < -0.39 is 0 Å². The van der Waals surface area contributed by atoms with Gasteiger partial charge in [-0.25, -0.2) is 0 Å². The second kappa shape index (κ2) is 7.13. The molecule has 0 saturated heterocycles. The van der Waals surface area contributed by atoms with Crippen LogP contribution in [-0.4, -0.2) is 12.3 Å². The van der Waals surface area contributed by atoms with Crippen molar-refractivity contribution in [2.75, 3.05) is 12.3 Å². The number of benzene rings is 1. The largest absolute Gasteiger partial charge is 0.309 e. The summed E-state index contributed by atoms with van der Waals surface area (Å²) in [7, 11) is 0. The van der Waals surface area contributed by atoms with Crippen LogP contribution in [0, 0.1) is 13.8 Å². The Hall–Kier alpha value is -0.770. The van der Waals surface area contributed by atoms with E-state index in [2.05, 4.69) is 61.8 Å². The molecule has 2 aromatic rings. The van der Waals surface area contributed by atoms with Gasteiger partial charge in [0, 0.05) is 21.6 Å². The zero-order valence-electron chi connectivity index (χ0n) is 11.8. The fourth-order valence-corrected chi connectivity index (χ4v) is 4.03. The molecule has 0 fully saturated rings. The minimum absolute atomic E-state index is 0.445. The Bertz CT molecular complexity index is 519. The zero-order valence-corrected chi connectivity index (χ0v) is 13.4. The van der Waals surface area contributed by atoms with Gasteiger partial charge in [-0.3, -0.25) is 0 Å². The van der Waals surface area contributed by atoms with Gasteiger partial charge in [-0.2, -0.15) is 0 Å². The first-order chi connectivity index (χ1) is 9.22. The van der Waals surface area contributed by atoms with Gasteiger partial charge < -0.3 is 5.32 Å². The van der Waals surface area contributed by atoms with Gasteiger partial charge in [0.1, 0.15) is 0 Å². The summed E-state index contributed by atoms with van der Waals surface area (Å²) in [5.41, 5.74) is 2.82. The lowest BCUT2D eigenvalue weighted by atomic mass is 10.1. The molecular weight excluding hydrogens is 270 g/mol. The first-order valence-corrected chi connectivity index (χ1v) is 8.54. The van der Waals surface area contributed by atoms with E-state index in [9.17, 15) is 0 Å². The molecule has 2 rings (SSSR count). The number of aryl methyl sites for hydroxylation is 2. The van der Waals surface area contributed by atoms with Gasteiger partial charge in [0.05, 0.1) is 0 Å². The Balaban J connectivity index is 2.06. The minimum Gasteiger partial charge on any atom is -0.309 e. The first-order valence-electron chi connectivity index (χ1n) is 6.68. The van der Waals surface area contributed by atoms with Crippen LogP contribution in [0.4, 0.5) is 0 Å². The molecule has 1 aromatic carbocycles. The molecular formula is C16H21NS2. The fourth-order valence-electron chi connectivity index (χ4n) is 2.15. The highest BCUT2D eigenvalue weighted by atomic mass is 32.2. The quantitative estimate of drug-likeness (QED) is 0.767. The van der Waals surface area contributed by atoms with Crippen LogP contribution in [0.2, 0.25) is 0 Å². The van der Waals surface area contributed by atoms with Gasteiger partial charge in [-0.15, -0.1) is 23.1 Å². The summed E-state index contributed by atoms with van der Waals surface area (Å²) in [6.07, 6.45) is 0. The molecule has 3 heteroatoms. The molecule has 1 heterocycles. The Morgan fingerprint density at radius 2 is 2.00 bits per heavy atom. The summed E-state index contributed by atoms with van der Waals surface area (Å²) in [5, 5.41) is 5.79. The maximum atomic E-state index is 3.60. The molecule has 1 atom stereocenters. The molecule has 0 radical (unpaired) electrons. The van der Waals surface area contributed by atoms with Crippen molar-refractivity contribution in [1.29, 1.82) is 0 Å². The molecule has 102 valence electrons. The Kier molecular flexibility index (Phi) is 5.49. The molecule has 1 aromatic heterocycles. The van der Waals surface area contributed by atoms with Crippen molar-refractivity contribution in [3.63, 3.8) is 0 Å². The Morgan fingerprint density at radius 3 is 2.63 bits per heavy atom. The number of rotatable bonds is 6. The number of nitrogens with one attached hydrogen (secondary N) is 1. The van der Waals surface area contributed by atoms with Crippen LogP contribution >= 0.6 is 23.1 Å². The molecule has 0 saturated carbocycles. The van der Waals surface area contributed by atoms with Crippen LogP contribution in [0.5, 0.6) is 0 Å². The lowest BCUT2D eigenvalue weighted by Gasteiger charge is -2.18. The van der Waals surface area contributed by atoms with Crippen molar-refractivity contribution < 1.29 is 0 Å². The average Bonchev–Trinajstić information content (AvgIpc) is 2.82. The van der Waals surface area contributed by atoms with Gasteiger partial charge >= 0.3 is 0 Å². The summed E-state index contributed by atoms with van der Waals surface area (Å²) in [5.74, 6) is 1.08. The van der Waals surface area contributed by atoms with E-state index in [1.807, 2.05) is 23.1 Å². The Labute approximate surface area is 124 Å². The molecule has 1 nitrogen and oxygen atoms in total. The summed E-state index contributed by atoms with van der Waals surface area (Å²) in [6.45, 7) is 7.57. The third-order valence-corrected chi connectivity index (χ3v) is 5.35. The van der Waals surface area contributed by atoms with Gasteiger partial charge in [-0.1, -0.05) is 25.1 Å². The standard InChI is InChI=1S/C16H21NS2/c1-4-17-15(14-9-10-18-13(14)3)11-19-16-8-6-5-7-12(16)2/h5-10,15,17H,4,11H2,1-3H3. The van der Waals surface area contributed by atoms with E-state index in [-0.39, 0.29) is 0 Å². The molecule has 19 heavy (non-hydrogen) atoms. The van der Waals surface area contributed by atoms with Gasteiger partial charge in [-0.05, 0) is 49.0 Å². The summed E-state index contributed by atoms with van der Waals surface area (Å²) >= 11 is 3.78. The average molecular weight is 291 g/mol. The molecule has 0 spiro atoms. The van der Waals surface area contributed by atoms with E-state index in [0.29, 0.717) is 6.04 Å². The maximum Gasteiger partial charge on any atom is 0.0426 e. The zero-order chi connectivity index (χ0) is 13.7. The topological polar surface area (TPSA) is 12.0 Å². The van der Waals surface area contributed by atoms with Crippen LogP contribution in [0.15, 0.2) is 40.6 Å². The Morgan fingerprint density at radius 1 is 1.21 bits per heavy atom. The van der Waals surface area contributed by atoms with Crippen molar-refractivity contribution in [3.05, 3.63) is 51.7 Å². The number of thioether (sulfide) groups is 1. The van der Waals surface area contributed by atoms with E-state index >= 15 is 0 Å². The maximum absolute atomic E-state index is 3.60. The molecule has 0 aliphatic heterocycles. The van der Waals surface area contributed by atoms with Crippen molar-refractivity contribution in [2.24, 2.45) is 0 Å². The van der Waals surface area contributed by atoms with Crippen molar-refractivity contribution in [1.82, 2.24) is 5.32 Å². The predicted molar refractivity (Wildman–Crippen MR) is 87.4 cm³/mol. The number of thiophene rings is 1. The van der Waals surface area contributed by atoms with E-state index in [0.717, 1.165) is 12.3 Å². The summed E-state index contributed by atoms with van der Waals surface area (Å²) < 4.78 is 0. The van der Waals surface area contributed by atoms with Gasteiger partial charge in [0.15, 0.2) is 0 Å². The van der Waals surface area contributed by atoms with Crippen molar-refractivity contribution >= 4 is 23.1 Å². The normalized spacial score (nSPS) is 12.6. The van der Waals surface area contributed by atoms with Crippen LogP contribution in [0.25, 0.3) is 0 Å². The lowest BCUT2D eigenvalue weighted by molar-refractivity contribution is 0.605. The van der Waals surface area contributed by atoms with E-state index in [4.69, 9.17) is 0 Å². The van der Waals surface area contributed by atoms with Crippen LogP contribution in [0.1, 0.15) is 29.0 Å². The second-order valence-electron chi connectivity index (χ2n) is 4.62. The highest BCUT2D eigenvalue weighted by Crippen LogP contribution is 2.30. The lowest BCUT2D eigenvalue weighted by Crippen LogP contribution is -2.23. The first kappa shape index (κ1) is 14.6. The molecule has 0 bridgehead atoms. The predicted octanol–water partition coefficient (Wildman–Crippen LogP) is 4.81. The fraction of sp³-hybridized carbons (Fsp3) is 0.375. The third kappa shape index (κ3) is 3.85. The molecule has 1 unspecified atom stereocenters. The molecule has 1 N–H and O–H groups in total. The minimum atomic E-state index is 0.445. The van der Waals surface area contributed by atoms with Crippen LogP contribution in [-0.2, 0) is 0 Å². The van der Waals surface area contributed by atoms with Crippen LogP contribution < -0.4 is 5.32 Å². The second-order valence-corrected chi connectivity index (χ2v) is 6.80. The van der Waals surface area contributed by atoms with Gasteiger partial charge in [0.25, 0.3) is 0 Å². The summed E-state index contributed by atoms with van der Waals surface area (Å²) in [6, 6.07) is 11.3. The smallest absolute Gasteiger partial charge is 0.0426 e. The molecule has 0 amide bonds. The van der Waals surface area contributed by atoms with Crippen molar-refractivity contribution in [3.8, 4) is 0 Å². The molecule has 0 aliphatic carbocycles. The van der Waals surface area contributed by atoms with Crippen molar-refractivity contribution in [2.45, 2.75) is 31.7 Å². The summed E-state index contributed by atoms with van der Waals surface area (Å²) in [4.78, 5) is 2.81. The highest BCUT2D eigenvalue weighted by Gasteiger charge is 2.14. The third-order valence-electron chi connectivity index (χ3n) is 3.22. The van der Waals surface area contributed by atoms with E-state index in [1.165, 1.54) is 20.9 Å². The van der Waals surface area contributed by atoms with Crippen LogP contribution in [0.3, 0.4) is 0 Å². The van der Waals surface area contributed by atoms with Gasteiger partial charge in [0.2, 0.25) is 0 Å². The molecule has 0 aliphatic rings. The van der Waals surface area contributed by atoms with E-state index in [1.54, 1.807) is 0 Å². The SMILES string of the molecule is CCNC(CSc1ccccc1C)c1ccsc1C.